The summed E-state index contributed by atoms with van der Waals surface area (Å²) in [5.41, 5.74) is -0.0306. The molecule has 0 aliphatic carbocycles. The summed E-state index contributed by atoms with van der Waals surface area (Å²) < 4.78 is 8.82. The van der Waals surface area contributed by atoms with E-state index < -0.39 is 0 Å². The fourth-order valence-electron chi connectivity index (χ4n) is 2.30. The Kier molecular flexibility index (Phi) is 2.33. The highest BCUT2D eigenvalue weighted by Crippen LogP contribution is 2.28. The van der Waals surface area contributed by atoms with Crippen LogP contribution in [0.4, 0.5) is 0 Å². The first-order valence-electron chi connectivity index (χ1n) is 5.75. The molecule has 0 radical (unpaired) electrons. The Hall–Kier alpha value is -1.14. The van der Waals surface area contributed by atoms with E-state index in [0.29, 0.717) is 0 Å². The summed E-state index contributed by atoms with van der Waals surface area (Å²) in [5, 5.41) is 7.49. The third-order valence-electron chi connectivity index (χ3n) is 3.32. The predicted molar refractivity (Wildman–Crippen MR) is 57.3 cm³/mol. The van der Waals surface area contributed by atoms with Gasteiger partial charge >= 0.3 is 5.69 Å². The molecule has 3 rings (SSSR count). The minimum absolute atomic E-state index is 0.00880. The average Bonchev–Trinajstić information content (AvgIpc) is 2.78. The quantitative estimate of drug-likeness (QED) is 0.741. The van der Waals surface area contributed by atoms with Gasteiger partial charge in [-0.15, -0.1) is 0 Å². The third-order valence-corrected chi connectivity index (χ3v) is 3.32. The topological polar surface area (TPSA) is 61.1 Å². The molecule has 0 amide bonds. The smallest absolute Gasteiger partial charge is 0.346 e. The molecule has 2 aliphatic heterocycles. The fourth-order valence-corrected chi connectivity index (χ4v) is 2.30. The lowest BCUT2D eigenvalue weighted by Gasteiger charge is -2.29. The molecule has 2 aliphatic rings. The van der Waals surface area contributed by atoms with Crippen molar-refractivity contribution in [2.75, 3.05) is 19.7 Å². The third kappa shape index (κ3) is 1.41. The van der Waals surface area contributed by atoms with Crippen LogP contribution in [0.5, 0.6) is 0 Å². The van der Waals surface area contributed by atoms with Crippen LogP contribution < -0.4 is 11.0 Å². The first-order valence-corrected chi connectivity index (χ1v) is 5.75. The van der Waals surface area contributed by atoms with Crippen molar-refractivity contribution in [1.29, 1.82) is 0 Å². The highest BCUT2D eigenvalue weighted by atomic mass is 16.5. The molecule has 88 valence electrons. The molecule has 1 aromatic rings. The molecular formula is C10H16N4O2. The van der Waals surface area contributed by atoms with Gasteiger partial charge < -0.3 is 10.1 Å². The molecular weight excluding hydrogens is 208 g/mol. The Morgan fingerprint density at radius 1 is 1.50 bits per heavy atom. The standard InChI is InChI=1S/C10H16N4O2/c1-13-10(15)14(7-5-11-6-7)9(12-13)8-3-2-4-16-8/h7-8,11H,2-6H2,1H3. The first-order chi connectivity index (χ1) is 7.77. The van der Waals surface area contributed by atoms with Gasteiger partial charge in [0.2, 0.25) is 0 Å². The summed E-state index contributed by atoms with van der Waals surface area (Å²) in [7, 11) is 1.70. The second-order valence-electron chi connectivity index (χ2n) is 4.45. The number of aromatic nitrogens is 3. The molecule has 6 heteroatoms. The van der Waals surface area contributed by atoms with Crippen molar-refractivity contribution in [3.8, 4) is 0 Å². The first kappa shape index (κ1) is 10.0. The van der Waals surface area contributed by atoms with Crippen molar-refractivity contribution >= 4 is 0 Å². The van der Waals surface area contributed by atoms with Crippen LogP contribution in [-0.4, -0.2) is 34.0 Å². The minimum Gasteiger partial charge on any atom is -0.370 e. The van der Waals surface area contributed by atoms with E-state index in [2.05, 4.69) is 10.4 Å². The zero-order chi connectivity index (χ0) is 11.1. The molecule has 0 aromatic carbocycles. The Balaban J connectivity index is 2.01. The molecule has 2 fully saturated rings. The van der Waals surface area contributed by atoms with Crippen LogP contribution in [0.1, 0.15) is 30.8 Å². The molecule has 1 aromatic heterocycles. The molecule has 3 heterocycles. The van der Waals surface area contributed by atoms with Gasteiger partial charge in [-0.3, -0.25) is 4.57 Å². The highest BCUT2D eigenvalue weighted by molar-refractivity contribution is 5.00. The van der Waals surface area contributed by atoms with Gasteiger partial charge in [0.05, 0.1) is 6.04 Å². The molecule has 6 nitrogen and oxygen atoms in total. The van der Waals surface area contributed by atoms with Crippen LogP contribution in [0.3, 0.4) is 0 Å². The predicted octanol–water partition coefficient (Wildman–Crippen LogP) is -0.422. The van der Waals surface area contributed by atoms with E-state index in [1.807, 2.05) is 0 Å². The lowest BCUT2D eigenvalue weighted by Crippen LogP contribution is -2.47. The Labute approximate surface area is 93.2 Å². The number of nitrogens with zero attached hydrogens (tertiary/aromatic N) is 3. The van der Waals surface area contributed by atoms with Crippen molar-refractivity contribution in [2.45, 2.75) is 25.0 Å². The number of hydrogen-bond donors (Lipinski definition) is 1. The minimum atomic E-state index is -0.0306. The van der Waals surface area contributed by atoms with Crippen molar-refractivity contribution in [3.63, 3.8) is 0 Å². The van der Waals surface area contributed by atoms with Crippen molar-refractivity contribution in [3.05, 3.63) is 16.3 Å². The summed E-state index contributed by atoms with van der Waals surface area (Å²) >= 11 is 0. The largest absolute Gasteiger partial charge is 0.370 e. The highest BCUT2D eigenvalue weighted by Gasteiger charge is 2.31. The van der Waals surface area contributed by atoms with Crippen LogP contribution >= 0.6 is 0 Å². The van der Waals surface area contributed by atoms with Crippen molar-refractivity contribution in [1.82, 2.24) is 19.7 Å². The summed E-state index contributed by atoms with van der Waals surface area (Å²) in [6.07, 6.45) is 2.03. The number of nitrogens with one attached hydrogen (secondary N) is 1. The van der Waals surface area contributed by atoms with E-state index in [-0.39, 0.29) is 17.8 Å². The van der Waals surface area contributed by atoms with Crippen LogP contribution in [0.25, 0.3) is 0 Å². The molecule has 0 spiro atoms. The van der Waals surface area contributed by atoms with E-state index in [1.165, 1.54) is 4.68 Å². The fraction of sp³-hybridized carbons (Fsp3) is 0.800. The van der Waals surface area contributed by atoms with Gasteiger partial charge in [-0.25, -0.2) is 9.48 Å². The van der Waals surface area contributed by atoms with Crippen molar-refractivity contribution < 1.29 is 4.74 Å². The lowest BCUT2D eigenvalue weighted by molar-refractivity contribution is 0.0979. The summed E-state index contributed by atoms with van der Waals surface area (Å²) in [5.74, 6) is 0.802. The maximum Gasteiger partial charge on any atom is 0.346 e. The molecule has 0 bridgehead atoms. The Morgan fingerprint density at radius 3 is 2.88 bits per heavy atom. The van der Waals surface area contributed by atoms with Crippen LogP contribution in [0.2, 0.25) is 0 Å². The lowest BCUT2D eigenvalue weighted by atomic mass is 10.1. The van der Waals surface area contributed by atoms with Crippen molar-refractivity contribution in [2.24, 2.45) is 7.05 Å². The van der Waals surface area contributed by atoms with Crippen LogP contribution in [-0.2, 0) is 11.8 Å². The molecule has 1 unspecified atom stereocenters. The van der Waals surface area contributed by atoms with Gasteiger partial charge in [0.1, 0.15) is 6.10 Å². The summed E-state index contributed by atoms with van der Waals surface area (Å²) in [4.78, 5) is 12.0. The van der Waals surface area contributed by atoms with E-state index in [4.69, 9.17) is 4.74 Å². The Morgan fingerprint density at radius 2 is 2.31 bits per heavy atom. The number of rotatable bonds is 2. The summed E-state index contributed by atoms with van der Waals surface area (Å²) in [6, 6.07) is 0.250. The van der Waals surface area contributed by atoms with Gasteiger partial charge in [0.15, 0.2) is 5.82 Å². The van der Waals surface area contributed by atoms with Crippen LogP contribution in [0, 0.1) is 0 Å². The monoisotopic (exact) mass is 224 g/mol. The number of ether oxygens (including phenoxy) is 1. The maximum atomic E-state index is 12.0. The Bertz CT molecular complexity index is 440. The average molecular weight is 224 g/mol. The second kappa shape index (κ2) is 3.71. The maximum absolute atomic E-state index is 12.0. The zero-order valence-corrected chi connectivity index (χ0v) is 9.35. The number of hydrogen-bond acceptors (Lipinski definition) is 4. The molecule has 0 saturated carbocycles. The SMILES string of the molecule is Cn1nc(C2CCCO2)n(C2CNC2)c1=O. The van der Waals surface area contributed by atoms with Gasteiger partial charge in [-0.2, -0.15) is 5.10 Å². The summed E-state index contributed by atoms with van der Waals surface area (Å²) in [6.45, 7) is 2.48. The van der Waals surface area contributed by atoms with E-state index in [0.717, 1.165) is 38.4 Å². The molecule has 16 heavy (non-hydrogen) atoms. The van der Waals surface area contributed by atoms with Gasteiger partial charge in [-0.1, -0.05) is 0 Å². The van der Waals surface area contributed by atoms with E-state index in [1.54, 1.807) is 11.6 Å². The van der Waals surface area contributed by atoms with Crippen LogP contribution in [0.15, 0.2) is 4.79 Å². The second-order valence-corrected chi connectivity index (χ2v) is 4.45. The number of aryl methyl sites for hydroxylation is 1. The zero-order valence-electron chi connectivity index (χ0n) is 9.35. The van der Waals surface area contributed by atoms with E-state index in [9.17, 15) is 4.79 Å². The van der Waals surface area contributed by atoms with Gasteiger partial charge in [0.25, 0.3) is 0 Å². The molecule has 2 saturated heterocycles. The molecule has 1 atom stereocenters. The van der Waals surface area contributed by atoms with Gasteiger partial charge in [-0.05, 0) is 12.8 Å². The van der Waals surface area contributed by atoms with Gasteiger partial charge in [0, 0.05) is 26.7 Å². The van der Waals surface area contributed by atoms with E-state index >= 15 is 0 Å². The molecule has 1 N–H and O–H groups in total. The normalized spacial score (nSPS) is 25.9.